The fraction of sp³-hybridized carbons (Fsp3) is 0.696. The summed E-state index contributed by atoms with van der Waals surface area (Å²) in [6.07, 6.45) is 10.6. The number of carbonyl (C=O) groups excluding carboxylic acids is 2. The van der Waals surface area contributed by atoms with E-state index in [4.69, 9.17) is 0 Å². The van der Waals surface area contributed by atoms with Gasteiger partial charge in [0.25, 0.3) is 0 Å². The van der Waals surface area contributed by atoms with Gasteiger partial charge >= 0.3 is 0 Å². The maximum Gasteiger partial charge on any atom is 0.237 e. The van der Waals surface area contributed by atoms with Gasteiger partial charge in [-0.1, -0.05) is 25.3 Å². The normalized spacial score (nSPS) is 22.3. The number of amides is 2. The van der Waals surface area contributed by atoms with Crippen molar-refractivity contribution in [3.63, 3.8) is 0 Å². The molecule has 0 bridgehead atoms. The first-order chi connectivity index (χ1) is 14.2. The van der Waals surface area contributed by atoms with Crippen molar-refractivity contribution in [2.45, 2.75) is 57.4 Å². The number of nitrogens with zero attached hydrogens (tertiary/aromatic N) is 3. The Bertz CT molecular complexity index is 677. The average molecular weight is 399 g/mol. The molecule has 0 radical (unpaired) electrons. The van der Waals surface area contributed by atoms with Gasteiger partial charge < -0.3 is 10.2 Å². The van der Waals surface area contributed by atoms with E-state index in [0.717, 1.165) is 64.0 Å². The molecule has 4 rings (SSSR count). The second-order valence-corrected chi connectivity index (χ2v) is 8.84. The van der Waals surface area contributed by atoms with E-state index in [0.29, 0.717) is 18.4 Å². The van der Waals surface area contributed by atoms with Gasteiger partial charge in [0.05, 0.1) is 6.04 Å². The minimum absolute atomic E-state index is 0.0535. The summed E-state index contributed by atoms with van der Waals surface area (Å²) in [6, 6.07) is 5.84. The molecule has 2 saturated carbocycles. The molecule has 1 aliphatic heterocycles. The number of hydrogen-bond acceptors (Lipinski definition) is 4. The second-order valence-electron chi connectivity index (χ2n) is 8.84. The summed E-state index contributed by atoms with van der Waals surface area (Å²) in [5.41, 5.74) is 1.01. The molecule has 2 amide bonds. The van der Waals surface area contributed by atoms with E-state index in [9.17, 15) is 9.59 Å². The van der Waals surface area contributed by atoms with Crippen LogP contribution >= 0.6 is 0 Å². The molecule has 6 nitrogen and oxygen atoms in total. The van der Waals surface area contributed by atoms with E-state index in [1.165, 1.54) is 19.3 Å². The lowest BCUT2D eigenvalue weighted by Crippen LogP contribution is -2.58. The zero-order chi connectivity index (χ0) is 20.1. The van der Waals surface area contributed by atoms with Gasteiger partial charge in [0.1, 0.15) is 0 Å². The molecule has 2 aliphatic carbocycles. The third-order valence-electron chi connectivity index (χ3n) is 7.00. The number of aromatic nitrogens is 1. The van der Waals surface area contributed by atoms with E-state index >= 15 is 0 Å². The summed E-state index contributed by atoms with van der Waals surface area (Å²) in [7, 11) is 0. The van der Waals surface area contributed by atoms with E-state index < -0.39 is 0 Å². The summed E-state index contributed by atoms with van der Waals surface area (Å²) in [5.74, 6) is 1.21. The second kappa shape index (κ2) is 9.70. The number of nitrogens with one attached hydrogen (secondary N) is 1. The van der Waals surface area contributed by atoms with E-state index in [2.05, 4.69) is 15.2 Å². The maximum atomic E-state index is 13.1. The molecule has 1 saturated heterocycles. The number of piperazine rings is 1. The third-order valence-corrected chi connectivity index (χ3v) is 7.00. The van der Waals surface area contributed by atoms with Crippen LogP contribution in [0.4, 0.5) is 0 Å². The van der Waals surface area contributed by atoms with Crippen LogP contribution in [0.15, 0.2) is 24.4 Å². The van der Waals surface area contributed by atoms with Crippen molar-refractivity contribution in [2.24, 2.45) is 11.8 Å². The zero-order valence-electron chi connectivity index (χ0n) is 17.4. The Morgan fingerprint density at radius 2 is 1.79 bits per heavy atom. The number of hydrogen-bond donors (Lipinski definition) is 1. The highest BCUT2D eigenvalue weighted by atomic mass is 16.2. The Kier molecular flexibility index (Phi) is 6.80. The summed E-state index contributed by atoms with van der Waals surface area (Å²) >= 11 is 0. The van der Waals surface area contributed by atoms with Crippen LogP contribution in [-0.4, -0.2) is 65.4 Å². The minimum atomic E-state index is -0.0535. The average Bonchev–Trinajstić information content (AvgIpc) is 3.22. The van der Waals surface area contributed by atoms with Crippen molar-refractivity contribution < 1.29 is 9.59 Å². The van der Waals surface area contributed by atoms with E-state index in [1.54, 1.807) is 6.20 Å². The topological polar surface area (TPSA) is 65.5 Å². The van der Waals surface area contributed by atoms with Gasteiger partial charge in [-0.05, 0) is 43.7 Å². The van der Waals surface area contributed by atoms with Crippen molar-refractivity contribution in [2.75, 3.05) is 32.7 Å². The molecule has 6 heteroatoms. The molecule has 2 heterocycles. The van der Waals surface area contributed by atoms with Crippen molar-refractivity contribution in [3.05, 3.63) is 30.1 Å². The number of rotatable bonds is 7. The molecule has 3 aliphatic rings. The van der Waals surface area contributed by atoms with Gasteiger partial charge in [-0.25, -0.2) is 0 Å². The molecule has 1 aromatic heterocycles. The SMILES string of the molecule is O=C(NCCc1ccccn1)[C@@H](C1CCCC1)N1CCN(C(=O)C2CCC2)CC1. The molecule has 0 spiro atoms. The predicted molar refractivity (Wildman–Crippen MR) is 112 cm³/mol. The van der Waals surface area contributed by atoms with Gasteiger partial charge in [0.2, 0.25) is 11.8 Å². The summed E-state index contributed by atoms with van der Waals surface area (Å²) in [4.78, 5) is 34.4. The molecule has 158 valence electrons. The Hall–Kier alpha value is -1.95. The highest BCUT2D eigenvalue weighted by Crippen LogP contribution is 2.32. The lowest BCUT2D eigenvalue weighted by molar-refractivity contribution is -0.141. The molecular formula is C23H34N4O2. The van der Waals surface area contributed by atoms with E-state index in [-0.39, 0.29) is 17.9 Å². The van der Waals surface area contributed by atoms with Crippen LogP contribution in [0.5, 0.6) is 0 Å². The predicted octanol–water partition coefficient (Wildman–Crippen LogP) is 2.24. The molecule has 29 heavy (non-hydrogen) atoms. The summed E-state index contributed by atoms with van der Waals surface area (Å²) in [5, 5.41) is 3.17. The fourth-order valence-electron chi connectivity index (χ4n) is 5.05. The van der Waals surface area contributed by atoms with Crippen LogP contribution in [0, 0.1) is 11.8 Å². The van der Waals surface area contributed by atoms with Crippen LogP contribution in [0.1, 0.15) is 50.6 Å². The maximum absolute atomic E-state index is 13.1. The Morgan fingerprint density at radius 3 is 2.41 bits per heavy atom. The minimum Gasteiger partial charge on any atom is -0.354 e. The van der Waals surface area contributed by atoms with Crippen LogP contribution in [-0.2, 0) is 16.0 Å². The highest BCUT2D eigenvalue weighted by Gasteiger charge is 2.38. The first-order valence-electron chi connectivity index (χ1n) is 11.4. The van der Waals surface area contributed by atoms with Crippen molar-refractivity contribution in [3.8, 4) is 0 Å². The summed E-state index contributed by atoms with van der Waals surface area (Å²) in [6.45, 7) is 3.78. The van der Waals surface area contributed by atoms with Crippen LogP contribution < -0.4 is 5.32 Å². The first-order valence-corrected chi connectivity index (χ1v) is 11.4. The molecule has 1 N–H and O–H groups in total. The fourth-order valence-corrected chi connectivity index (χ4v) is 5.05. The van der Waals surface area contributed by atoms with Gasteiger partial charge in [-0.15, -0.1) is 0 Å². The summed E-state index contributed by atoms with van der Waals surface area (Å²) < 4.78 is 0. The van der Waals surface area contributed by atoms with Crippen LogP contribution in [0.2, 0.25) is 0 Å². The smallest absolute Gasteiger partial charge is 0.237 e. The standard InChI is InChI=1S/C23H34N4O2/c28-22(25-13-11-20-10-3-4-12-24-20)21(18-6-1-2-7-18)26-14-16-27(17-15-26)23(29)19-8-5-9-19/h3-4,10,12,18-19,21H,1-2,5-9,11,13-17H2,(H,25,28)/t21-/m1/s1. The zero-order valence-corrected chi connectivity index (χ0v) is 17.4. The molecular weight excluding hydrogens is 364 g/mol. The lowest BCUT2D eigenvalue weighted by Gasteiger charge is -2.42. The lowest BCUT2D eigenvalue weighted by atomic mass is 9.84. The number of carbonyl (C=O) groups is 2. The van der Waals surface area contributed by atoms with Gasteiger partial charge in [-0.3, -0.25) is 19.5 Å². The third kappa shape index (κ3) is 4.97. The van der Waals surface area contributed by atoms with E-state index in [1.807, 2.05) is 23.1 Å². The van der Waals surface area contributed by atoms with Gasteiger partial charge in [0.15, 0.2) is 0 Å². The molecule has 1 aromatic rings. The largest absolute Gasteiger partial charge is 0.354 e. The molecule has 1 atom stereocenters. The van der Waals surface area contributed by atoms with Crippen LogP contribution in [0.3, 0.4) is 0 Å². The molecule has 0 aromatic carbocycles. The first kappa shape index (κ1) is 20.3. The Balaban J connectivity index is 1.32. The highest BCUT2D eigenvalue weighted by molar-refractivity contribution is 5.82. The van der Waals surface area contributed by atoms with Gasteiger partial charge in [-0.2, -0.15) is 0 Å². The molecule has 0 unspecified atom stereocenters. The van der Waals surface area contributed by atoms with Crippen molar-refractivity contribution in [1.82, 2.24) is 20.1 Å². The molecule has 3 fully saturated rings. The number of pyridine rings is 1. The van der Waals surface area contributed by atoms with Crippen LogP contribution in [0.25, 0.3) is 0 Å². The monoisotopic (exact) mass is 398 g/mol. The Labute approximate surface area is 174 Å². The van der Waals surface area contributed by atoms with Crippen molar-refractivity contribution >= 4 is 11.8 Å². The Morgan fingerprint density at radius 1 is 1.03 bits per heavy atom. The van der Waals surface area contributed by atoms with Crippen molar-refractivity contribution in [1.29, 1.82) is 0 Å². The van der Waals surface area contributed by atoms with Gasteiger partial charge in [0, 0.05) is 57.0 Å². The quantitative estimate of drug-likeness (QED) is 0.765.